The van der Waals surface area contributed by atoms with Gasteiger partial charge in [-0.2, -0.15) is 0 Å². The number of halogens is 1. The molecule has 0 bridgehead atoms. The molecule has 1 amide bonds. The number of rotatable bonds is 5. The van der Waals surface area contributed by atoms with Gasteiger partial charge in [0.1, 0.15) is 0 Å². The van der Waals surface area contributed by atoms with Crippen molar-refractivity contribution in [1.29, 1.82) is 0 Å². The van der Waals surface area contributed by atoms with Gasteiger partial charge in [0, 0.05) is 43.9 Å². The third-order valence-electron chi connectivity index (χ3n) is 4.45. The highest BCUT2D eigenvalue weighted by atomic mass is 35.5. The Morgan fingerprint density at radius 3 is 2.36 bits per heavy atom. The molecule has 0 aliphatic carbocycles. The Balaban J connectivity index is 1.45. The monoisotopic (exact) mass is 388 g/mol. The predicted octanol–water partition coefficient (Wildman–Crippen LogP) is 1.37. The summed E-state index contributed by atoms with van der Waals surface area (Å²) in [7, 11) is -3.64. The second-order valence-electron chi connectivity index (χ2n) is 6.09. The highest BCUT2D eigenvalue weighted by Crippen LogP contribution is 2.31. The first-order valence-electron chi connectivity index (χ1n) is 8.21. The zero-order chi connectivity index (χ0) is 17.9. The average Bonchev–Trinajstić information content (AvgIpc) is 3.04. The molecule has 1 N–H and O–H groups in total. The van der Waals surface area contributed by atoms with Gasteiger partial charge in [0.05, 0.1) is 18.1 Å². The van der Waals surface area contributed by atoms with Crippen LogP contribution in [-0.4, -0.2) is 57.9 Å². The van der Waals surface area contributed by atoms with Crippen LogP contribution in [0.2, 0.25) is 5.02 Å². The molecule has 9 heteroatoms. The van der Waals surface area contributed by atoms with E-state index < -0.39 is 15.8 Å². The van der Waals surface area contributed by atoms with Crippen LogP contribution in [0, 0.1) is 0 Å². The summed E-state index contributed by atoms with van der Waals surface area (Å²) in [6.07, 6.45) is 1.41. The topological polar surface area (TPSA) is 84.9 Å². The van der Waals surface area contributed by atoms with E-state index in [9.17, 15) is 13.2 Å². The summed E-state index contributed by atoms with van der Waals surface area (Å²) in [5, 5.41) is 0.465. The summed E-state index contributed by atoms with van der Waals surface area (Å²) < 4.78 is 38.0. The van der Waals surface area contributed by atoms with Gasteiger partial charge in [-0.1, -0.05) is 11.6 Å². The SMILES string of the molecule is O=C(CCNS(=O)(=O)c1ccc(Cl)cc1)N1CCC2(CC1)OCCO2. The van der Waals surface area contributed by atoms with Crippen LogP contribution >= 0.6 is 11.6 Å². The standard InChI is InChI=1S/C16H21ClN2O5S/c17-13-1-3-14(4-2-13)25(21,22)18-8-5-15(20)19-9-6-16(7-10-19)23-11-12-24-16/h1-4,18H,5-12H2. The van der Waals surface area contributed by atoms with Crippen molar-refractivity contribution in [3.63, 3.8) is 0 Å². The van der Waals surface area contributed by atoms with Gasteiger partial charge in [-0.05, 0) is 24.3 Å². The lowest BCUT2D eigenvalue weighted by Gasteiger charge is -2.37. The number of sulfonamides is 1. The van der Waals surface area contributed by atoms with Gasteiger partial charge in [-0.3, -0.25) is 4.79 Å². The van der Waals surface area contributed by atoms with Crippen LogP contribution in [0.1, 0.15) is 19.3 Å². The number of likely N-dealkylation sites (tertiary alicyclic amines) is 1. The van der Waals surface area contributed by atoms with Crippen molar-refractivity contribution in [1.82, 2.24) is 9.62 Å². The maximum Gasteiger partial charge on any atom is 0.240 e. The molecule has 1 aromatic rings. The summed E-state index contributed by atoms with van der Waals surface area (Å²) in [5.41, 5.74) is 0. The number of nitrogens with zero attached hydrogens (tertiary/aromatic N) is 1. The Labute approximate surface area is 152 Å². The van der Waals surface area contributed by atoms with E-state index in [-0.39, 0.29) is 23.8 Å². The summed E-state index contributed by atoms with van der Waals surface area (Å²) in [5.74, 6) is -0.598. The number of nitrogens with one attached hydrogen (secondary N) is 1. The van der Waals surface area contributed by atoms with Gasteiger partial charge < -0.3 is 14.4 Å². The maximum absolute atomic E-state index is 12.3. The summed E-state index contributed by atoms with van der Waals surface area (Å²) in [4.78, 5) is 14.1. The number of carbonyl (C=O) groups is 1. The van der Waals surface area contributed by atoms with Gasteiger partial charge in [0.15, 0.2) is 5.79 Å². The van der Waals surface area contributed by atoms with Gasteiger partial charge >= 0.3 is 0 Å². The molecule has 0 atom stereocenters. The maximum atomic E-state index is 12.3. The first-order valence-corrected chi connectivity index (χ1v) is 10.1. The minimum atomic E-state index is -3.64. The van der Waals surface area contributed by atoms with Crippen molar-refractivity contribution in [2.45, 2.75) is 29.9 Å². The van der Waals surface area contributed by atoms with Crippen LogP contribution in [0.25, 0.3) is 0 Å². The molecular weight excluding hydrogens is 368 g/mol. The largest absolute Gasteiger partial charge is 0.347 e. The normalized spacial score (nSPS) is 20.1. The lowest BCUT2D eigenvalue weighted by atomic mass is 10.0. The molecule has 1 spiro atoms. The Kier molecular flexibility index (Phi) is 5.65. The molecule has 3 rings (SSSR count). The number of benzene rings is 1. The summed E-state index contributed by atoms with van der Waals surface area (Å²) in [6.45, 7) is 2.37. The van der Waals surface area contributed by atoms with E-state index in [1.54, 1.807) is 4.90 Å². The molecule has 0 radical (unpaired) electrons. The molecule has 2 fully saturated rings. The van der Waals surface area contributed by atoms with Crippen molar-refractivity contribution in [3.8, 4) is 0 Å². The summed E-state index contributed by atoms with van der Waals surface area (Å²) >= 11 is 5.76. The third-order valence-corrected chi connectivity index (χ3v) is 6.18. The number of hydrogen-bond donors (Lipinski definition) is 1. The van der Waals surface area contributed by atoms with E-state index in [0.29, 0.717) is 44.2 Å². The van der Waals surface area contributed by atoms with Gasteiger partial charge in [-0.15, -0.1) is 0 Å². The average molecular weight is 389 g/mol. The van der Waals surface area contributed by atoms with E-state index in [2.05, 4.69) is 4.72 Å². The first-order chi connectivity index (χ1) is 11.9. The Hall–Kier alpha value is -1.19. The zero-order valence-electron chi connectivity index (χ0n) is 13.7. The lowest BCUT2D eigenvalue weighted by molar-refractivity contribution is -0.187. The third kappa shape index (κ3) is 4.51. The molecule has 0 saturated carbocycles. The molecular formula is C16H21ClN2O5S. The van der Waals surface area contributed by atoms with Crippen LogP contribution in [0.3, 0.4) is 0 Å². The highest BCUT2D eigenvalue weighted by molar-refractivity contribution is 7.89. The molecule has 138 valence electrons. The fourth-order valence-corrected chi connectivity index (χ4v) is 4.19. The van der Waals surface area contributed by atoms with E-state index in [1.807, 2.05) is 0 Å². The Morgan fingerprint density at radius 1 is 1.16 bits per heavy atom. The highest BCUT2D eigenvalue weighted by Gasteiger charge is 2.40. The molecule has 0 unspecified atom stereocenters. The first kappa shape index (κ1) is 18.6. The van der Waals surface area contributed by atoms with Crippen LogP contribution in [0.15, 0.2) is 29.2 Å². The van der Waals surface area contributed by atoms with Crippen molar-refractivity contribution in [2.24, 2.45) is 0 Å². The van der Waals surface area contributed by atoms with Crippen LogP contribution in [-0.2, 0) is 24.3 Å². The van der Waals surface area contributed by atoms with Crippen molar-refractivity contribution < 1.29 is 22.7 Å². The van der Waals surface area contributed by atoms with Gasteiger partial charge in [0.2, 0.25) is 15.9 Å². The van der Waals surface area contributed by atoms with E-state index in [1.165, 1.54) is 24.3 Å². The minimum Gasteiger partial charge on any atom is -0.347 e. The van der Waals surface area contributed by atoms with Crippen LogP contribution < -0.4 is 4.72 Å². The van der Waals surface area contributed by atoms with E-state index in [4.69, 9.17) is 21.1 Å². The second-order valence-corrected chi connectivity index (χ2v) is 8.29. The zero-order valence-corrected chi connectivity index (χ0v) is 15.3. The molecule has 2 heterocycles. The van der Waals surface area contributed by atoms with Crippen molar-refractivity contribution in [3.05, 3.63) is 29.3 Å². The van der Waals surface area contributed by atoms with Gasteiger partial charge in [-0.25, -0.2) is 13.1 Å². The lowest BCUT2D eigenvalue weighted by Crippen LogP contribution is -2.47. The smallest absolute Gasteiger partial charge is 0.240 e. The molecule has 2 aliphatic rings. The summed E-state index contributed by atoms with van der Waals surface area (Å²) in [6, 6.07) is 5.88. The molecule has 25 heavy (non-hydrogen) atoms. The van der Waals surface area contributed by atoms with Crippen LogP contribution in [0.5, 0.6) is 0 Å². The number of amides is 1. The Morgan fingerprint density at radius 2 is 1.76 bits per heavy atom. The van der Waals surface area contributed by atoms with Crippen molar-refractivity contribution >= 4 is 27.5 Å². The fraction of sp³-hybridized carbons (Fsp3) is 0.562. The molecule has 0 aromatic heterocycles. The number of hydrogen-bond acceptors (Lipinski definition) is 5. The van der Waals surface area contributed by atoms with Crippen LogP contribution in [0.4, 0.5) is 0 Å². The van der Waals surface area contributed by atoms with E-state index >= 15 is 0 Å². The number of piperidine rings is 1. The quantitative estimate of drug-likeness (QED) is 0.823. The van der Waals surface area contributed by atoms with Crippen molar-refractivity contribution in [2.75, 3.05) is 32.8 Å². The molecule has 2 aliphatic heterocycles. The Bertz CT molecular complexity index is 707. The predicted molar refractivity (Wildman–Crippen MR) is 91.7 cm³/mol. The second kappa shape index (κ2) is 7.59. The minimum absolute atomic E-state index is 0.0540. The number of ether oxygens (including phenoxy) is 2. The number of carbonyl (C=O) groups excluding carboxylic acids is 1. The van der Waals surface area contributed by atoms with E-state index in [0.717, 1.165) is 0 Å². The van der Waals surface area contributed by atoms with Gasteiger partial charge in [0.25, 0.3) is 0 Å². The fourth-order valence-electron chi connectivity index (χ4n) is 3.03. The molecule has 7 nitrogen and oxygen atoms in total. The molecule has 2 saturated heterocycles. The molecule has 1 aromatic carbocycles.